The maximum absolute atomic E-state index is 12.3. The third-order valence-electron chi connectivity index (χ3n) is 4.37. The van der Waals surface area contributed by atoms with Gasteiger partial charge in [-0.05, 0) is 24.3 Å². The Morgan fingerprint density at radius 1 is 1.27 bits per heavy atom. The first-order valence-electron chi connectivity index (χ1n) is 7.72. The fourth-order valence-corrected chi connectivity index (χ4v) is 2.83. The second kappa shape index (κ2) is 7.94. The Morgan fingerprint density at radius 2 is 1.91 bits per heavy atom. The minimum Gasteiger partial charge on any atom is -0.481 e. The van der Waals surface area contributed by atoms with Gasteiger partial charge < -0.3 is 15.2 Å². The van der Waals surface area contributed by atoms with E-state index in [1.807, 2.05) is 13.0 Å². The molecule has 5 heteroatoms. The molecule has 0 saturated carbocycles. The first-order chi connectivity index (χ1) is 10.6. The second-order valence-corrected chi connectivity index (χ2v) is 5.79. The minimum atomic E-state index is -0.926. The molecule has 0 radical (unpaired) electrons. The van der Waals surface area contributed by atoms with Gasteiger partial charge in [-0.15, -0.1) is 0 Å². The van der Waals surface area contributed by atoms with E-state index in [1.54, 1.807) is 24.3 Å². The summed E-state index contributed by atoms with van der Waals surface area (Å²) < 4.78 is 5.31. The van der Waals surface area contributed by atoms with E-state index in [9.17, 15) is 14.7 Å². The lowest BCUT2D eigenvalue weighted by atomic mass is 9.86. The molecule has 1 fully saturated rings. The number of hydrogen-bond acceptors (Lipinski definition) is 3. The minimum absolute atomic E-state index is 0.0749. The van der Waals surface area contributed by atoms with E-state index in [4.69, 9.17) is 4.74 Å². The number of nitrogens with one attached hydrogen (secondary N) is 1. The number of amides is 1. The van der Waals surface area contributed by atoms with Crippen LogP contribution in [0, 0.1) is 11.8 Å². The predicted molar refractivity (Wildman–Crippen MR) is 82.5 cm³/mol. The Bertz CT molecular complexity index is 497. The van der Waals surface area contributed by atoms with Crippen LogP contribution in [0.3, 0.4) is 0 Å². The van der Waals surface area contributed by atoms with Crippen molar-refractivity contribution in [3.63, 3.8) is 0 Å². The van der Waals surface area contributed by atoms with Crippen molar-refractivity contribution in [3.8, 4) is 0 Å². The Hall–Kier alpha value is -1.88. The molecule has 1 amide bonds. The summed E-state index contributed by atoms with van der Waals surface area (Å²) in [5.74, 6) is -1.52. The van der Waals surface area contributed by atoms with E-state index >= 15 is 0 Å². The summed E-state index contributed by atoms with van der Waals surface area (Å²) in [5.41, 5.74) is 0.703. The average Bonchev–Trinajstić information content (AvgIpc) is 2.55. The number of carbonyl (C=O) groups is 2. The molecular weight excluding hydrogens is 282 g/mol. The summed E-state index contributed by atoms with van der Waals surface area (Å²) in [6.07, 6.45) is 1.77. The van der Waals surface area contributed by atoms with Crippen molar-refractivity contribution in [1.82, 2.24) is 5.32 Å². The van der Waals surface area contributed by atoms with Gasteiger partial charge in [-0.1, -0.05) is 37.3 Å². The molecule has 2 rings (SSSR count). The van der Waals surface area contributed by atoms with Crippen LogP contribution in [-0.4, -0.2) is 36.7 Å². The number of aliphatic carboxylic acids is 1. The lowest BCUT2D eigenvalue weighted by Gasteiger charge is -2.27. The zero-order chi connectivity index (χ0) is 15.9. The number of rotatable bonds is 6. The molecule has 1 heterocycles. The molecule has 1 aromatic carbocycles. The van der Waals surface area contributed by atoms with Gasteiger partial charge in [0.15, 0.2) is 0 Å². The van der Waals surface area contributed by atoms with E-state index in [1.165, 1.54) is 0 Å². The summed E-state index contributed by atoms with van der Waals surface area (Å²) >= 11 is 0. The summed E-state index contributed by atoms with van der Waals surface area (Å²) in [7, 11) is 0. The van der Waals surface area contributed by atoms with Crippen LogP contribution in [0.1, 0.15) is 31.2 Å². The molecule has 5 nitrogen and oxygen atoms in total. The highest BCUT2D eigenvalue weighted by molar-refractivity contribution is 5.81. The van der Waals surface area contributed by atoms with Gasteiger partial charge in [0, 0.05) is 25.7 Å². The molecule has 2 N–H and O–H groups in total. The van der Waals surface area contributed by atoms with Crippen molar-refractivity contribution in [3.05, 3.63) is 35.9 Å². The number of hydrogen-bond donors (Lipinski definition) is 2. The summed E-state index contributed by atoms with van der Waals surface area (Å²) in [6.45, 7) is 3.42. The average molecular weight is 305 g/mol. The van der Waals surface area contributed by atoms with Crippen LogP contribution in [0.4, 0.5) is 0 Å². The van der Waals surface area contributed by atoms with Crippen molar-refractivity contribution in [1.29, 1.82) is 0 Å². The highest BCUT2D eigenvalue weighted by Gasteiger charge is 2.27. The zero-order valence-corrected chi connectivity index (χ0v) is 12.8. The largest absolute Gasteiger partial charge is 0.481 e. The van der Waals surface area contributed by atoms with Crippen LogP contribution < -0.4 is 5.32 Å². The normalized spacial score (nSPS) is 18.4. The van der Waals surface area contributed by atoms with Gasteiger partial charge in [0.05, 0.1) is 5.92 Å². The van der Waals surface area contributed by atoms with Crippen molar-refractivity contribution in [2.24, 2.45) is 11.8 Å². The molecule has 0 bridgehead atoms. The van der Waals surface area contributed by atoms with Crippen LogP contribution >= 0.6 is 0 Å². The maximum atomic E-state index is 12.3. The summed E-state index contributed by atoms with van der Waals surface area (Å²) in [5, 5.41) is 12.2. The third-order valence-corrected chi connectivity index (χ3v) is 4.37. The smallest absolute Gasteiger partial charge is 0.312 e. The predicted octanol–water partition coefficient (Wildman–Crippen LogP) is 2.03. The number of benzene rings is 1. The molecule has 0 aromatic heterocycles. The molecule has 22 heavy (non-hydrogen) atoms. The van der Waals surface area contributed by atoms with Crippen molar-refractivity contribution in [2.75, 3.05) is 19.8 Å². The lowest BCUT2D eigenvalue weighted by molar-refractivity contribution is -0.138. The van der Waals surface area contributed by atoms with Crippen LogP contribution in [0.2, 0.25) is 0 Å². The molecule has 1 saturated heterocycles. The fraction of sp³-hybridized carbons (Fsp3) is 0.529. The molecule has 1 aromatic rings. The van der Waals surface area contributed by atoms with Gasteiger partial charge in [0.2, 0.25) is 5.91 Å². The quantitative estimate of drug-likeness (QED) is 0.843. The molecule has 1 aliphatic heterocycles. The fourth-order valence-electron chi connectivity index (χ4n) is 2.83. The maximum Gasteiger partial charge on any atom is 0.312 e. The highest BCUT2D eigenvalue weighted by atomic mass is 16.5. The van der Waals surface area contributed by atoms with E-state index in [0.717, 1.165) is 12.8 Å². The van der Waals surface area contributed by atoms with E-state index in [0.29, 0.717) is 24.7 Å². The van der Waals surface area contributed by atoms with Gasteiger partial charge in [-0.2, -0.15) is 0 Å². The second-order valence-electron chi connectivity index (χ2n) is 5.79. The van der Waals surface area contributed by atoms with Gasteiger partial charge in [0.1, 0.15) is 0 Å². The van der Waals surface area contributed by atoms with Crippen LogP contribution in [0.5, 0.6) is 0 Å². The van der Waals surface area contributed by atoms with Crippen molar-refractivity contribution >= 4 is 11.9 Å². The number of carboxylic acid groups (broad SMARTS) is 1. The first-order valence-corrected chi connectivity index (χ1v) is 7.72. The van der Waals surface area contributed by atoms with E-state index < -0.39 is 11.9 Å². The molecule has 120 valence electrons. The monoisotopic (exact) mass is 305 g/mol. The highest BCUT2D eigenvalue weighted by Crippen LogP contribution is 2.24. The van der Waals surface area contributed by atoms with Crippen LogP contribution in [0.25, 0.3) is 0 Å². The Labute approximate surface area is 130 Å². The molecule has 1 aliphatic rings. The Morgan fingerprint density at radius 3 is 2.50 bits per heavy atom. The van der Waals surface area contributed by atoms with Crippen molar-refractivity contribution in [2.45, 2.75) is 25.7 Å². The third kappa shape index (κ3) is 4.31. The molecular formula is C17H23NO4. The van der Waals surface area contributed by atoms with Gasteiger partial charge in [-0.25, -0.2) is 0 Å². The van der Waals surface area contributed by atoms with Crippen LogP contribution in [0.15, 0.2) is 30.3 Å². The topological polar surface area (TPSA) is 75.6 Å². The molecule has 0 aliphatic carbocycles. The Kier molecular flexibility index (Phi) is 5.95. The van der Waals surface area contributed by atoms with E-state index in [-0.39, 0.29) is 18.4 Å². The van der Waals surface area contributed by atoms with Gasteiger partial charge >= 0.3 is 5.97 Å². The SMILES string of the molecule is CC(C(=O)NCC(C(=O)O)c1ccccc1)C1CCOCC1. The van der Waals surface area contributed by atoms with Gasteiger partial charge in [-0.3, -0.25) is 9.59 Å². The Balaban J connectivity index is 1.91. The number of carbonyl (C=O) groups excluding carboxylic acids is 1. The van der Waals surface area contributed by atoms with Gasteiger partial charge in [0.25, 0.3) is 0 Å². The zero-order valence-electron chi connectivity index (χ0n) is 12.8. The first kappa shape index (κ1) is 16.5. The van der Waals surface area contributed by atoms with Crippen molar-refractivity contribution < 1.29 is 19.4 Å². The standard InChI is InChI=1S/C17H23NO4/c1-12(13-7-9-22-10-8-13)16(19)18-11-15(17(20)21)14-5-3-2-4-6-14/h2-6,12-13,15H,7-11H2,1H3,(H,18,19)(H,20,21). The summed E-state index contributed by atoms with van der Waals surface area (Å²) in [6, 6.07) is 8.99. The molecule has 2 unspecified atom stereocenters. The molecule has 0 spiro atoms. The number of carboxylic acids is 1. The summed E-state index contributed by atoms with van der Waals surface area (Å²) in [4.78, 5) is 23.7. The van der Waals surface area contributed by atoms with E-state index in [2.05, 4.69) is 5.32 Å². The molecule has 2 atom stereocenters. The van der Waals surface area contributed by atoms with Crippen LogP contribution in [-0.2, 0) is 14.3 Å². The lowest BCUT2D eigenvalue weighted by Crippen LogP contribution is -2.38. The number of ether oxygens (including phenoxy) is 1.